The van der Waals surface area contributed by atoms with Crippen LogP contribution < -0.4 is 10.5 Å². The van der Waals surface area contributed by atoms with E-state index < -0.39 is 0 Å². The first-order valence-corrected chi connectivity index (χ1v) is 4.92. The van der Waals surface area contributed by atoms with Crippen molar-refractivity contribution < 1.29 is 0 Å². The molecule has 3 heteroatoms. The normalized spacial score (nSPS) is 11.4. The van der Waals surface area contributed by atoms with Gasteiger partial charge in [0.2, 0.25) is 0 Å². The minimum absolute atomic E-state index is 0.963. The molecule has 0 aliphatic heterocycles. The lowest BCUT2D eigenvalue weighted by Gasteiger charge is -2.04. The van der Waals surface area contributed by atoms with Crippen molar-refractivity contribution in [2.24, 2.45) is 5.73 Å². The molecule has 0 heterocycles. The van der Waals surface area contributed by atoms with Gasteiger partial charge in [0.25, 0.3) is 0 Å². The number of nitrogens with one attached hydrogen (secondary N) is 1. The molecule has 70 valence electrons. The number of aryl methyl sites for hydroxylation is 1. The Bertz CT molecular complexity index is 290. The van der Waals surface area contributed by atoms with Gasteiger partial charge in [-0.15, -0.1) is 0 Å². The van der Waals surface area contributed by atoms with Crippen molar-refractivity contribution in [2.75, 3.05) is 0 Å². The second-order valence-corrected chi connectivity index (χ2v) is 3.75. The summed E-state index contributed by atoms with van der Waals surface area (Å²) in [4.78, 5) is 1.19. The van der Waals surface area contributed by atoms with E-state index in [0.717, 1.165) is 5.70 Å². The number of nitrogens with two attached hydrogens (primary N) is 1. The quantitative estimate of drug-likeness (QED) is 0.726. The second kappa shape index (κ2) is 4.82. The highest BCUT2D eigenvalue weighted by atomic mass is 32.2. The van der Waals surface area contributed by atoms with Gasteiger partial charge in [-0.1, -0.05) is 17.7 Å². The highest BCUT2D eigenvalue weighted by Gasteiger charge is 1.92. The zero-order valence-electron chi connectivity index (χ0n) is 7.87. The Morgan fingerprint density at radius 1 is 1.38 bits per heavy atom. The van der Waals surface area contributed by atoms with Crippen LogP contribution in [0.4, 0.5) is 0 Å². The molecule has 2 nitrogen and oxygen atoms in total. The summed E-state index contributed by atoms with van der Waals surface area (Å²) >= 11 is 1.56. The molecule has 0 radical (unpaired) electrons. The first-order chi connectivity index (χ1) is 6.22. The topological polar surface area (TPSA) is 38.0 Å². The smallest absolute Gasteiger partial charge is 0.0337 e. The van der Waals surface area contributed by atoms with Crippen molar-refractivity contribution in [1.82, 2.24) is 4.72 Å². The van der Waals surface area contributed by atoms with Crippen LogP contribution in [0.1, 0.15) is 12.5 Å². The van der Waals surface area contributed by atoms with Crippen LogP contribution >= 0.6 is 11.9 Å². The van der Waals surface area contributed by atoms with Crippen LogP contribution in [0.25, 0.3) is 0 Å². The van der Waals surface area contributed by atoms with E-state index in [-0.39, 0.29) is 0 Å². The van der Waals surface area contributed by atoms with Crippen LogP contribution in [-0.2, 0) is 0 Å². The van der Waals surface area contributed by atoms with Gasteiger partial charge in [0.1, 0.15) is 0 Å². The first kappa shape index (κ1) is 9.99. The molecule has 3 N–H and O–H groups in total. The van der Waals surface area contributed by atoms with Crippen molar-refractivity contribution >= 4 is 11.9 Å². The molecule has 0 spiro atoms. The number of hydrogen-bond acceptors (Lipinski definition) is 3. The fourth-order valence-corrected chi connectivity index (χ4v) is 1.40. The average molecular weight is 194 g/mol. The van der Waals surface area contributed by atoms with Gasteiger partial charge in [-0.05, 0) is 37.9 Å². The molecule has 0 saturated heterocycles. The maximum Gasteiger partial charge on any atom is 0.0337 e. The van der Waals surface area contributed by atoms with Crippen LogP contribution in [0.3, 0.4) is 0 Å². The van der Waals surface area contributed by atoms with Crippen LogP contribution in [0.15, 0.2) is 41.1 Å². The molecule has 0 aliphatic rings. The summed E-state index contributed by atoms with van der Waals surface area (Å²) in [5.41, 5.74) is 7.56. The molecule has 0 amide bonds. The van der Waals surface area contributed by atoms with Crippen molar-refractivity contribution in [3.8, 4) is 0 Å². The zero-order chi connectivity index (χ0) is 9.68. The van der Waals surface area contributed by atoms with Crippen molar-refractivity contribution in [2.45, 2.75) is 18.7 Å². The minimum atomic E-state index is 0.963. The molecule has 1 aromatic rings. The minimum Gasteiger partial charge on any atom is -0.403 e. The Kier molecular flexibility index (Phi) is 3.71. The first-order valence-electron chi connectivity index (χ1n) is 4.10. The van der Waals surface area contributed by atoms with E-state index in [4.69, 9.17) is 5.73 Å². The second-order valence-electron chi connectivity index (χ2n) is 2.87. The molecule has 0 aromatic heterocycles. The fourth-order valence-electron chi connectivity index (χ4n) is 0.780. The van der Waals surface area contributed by atoms with Gasteiger partial charge in [0, 0.05) is 16.8 Å². The Hall–Kier alpha value is -1.09. The number of allylic oxidation sites excluding steroid dienone is 1. The molecule has 0 saturated carbocycles. The third-order valence-electron chi connectivity index (χ3n) is 1.60. The molecule has 1 rings (SSSR count). The lowest BCUT2D eigenvalue weighted by molar-refractivity contribution is 1.17. The Morgan fingerprint density at radius 3 is 2.54 bits per heavy atom. The van der Waals surface area contributed by atoms with E-state index in [0.29, 0.717) is 0 Å². The lowest BCUT2D eigenvalue weighted by Crippen LogP contribution is -2.01. The summed E-state index contributed by atoms with van der Waals surface area (Å²) in [6, 6.07) is 8.34. The van der Waals surface area contributed by atoms with Crippen LogP contribution in [0, 0.1) is 6.92 Å². The standard InChI is InChI=1S/C10H14N2S/c1-8-3-5-10(6-4-8)13-12-9(2)7-11/h3-7,12H,11H2,1-2H3/b9-7+. The predicted octanol–water partition coefficient (Wildman–Crippen LogP) is 2.41. The molecule has 0 bridgehead atoms. The summed E-state index contributed by atoms with van der Waals surface area (Å²) in [5, 5.41) is 0. The highest BCUT2D eigenvalue weighted by molar-refractivity contribution is 7.97. The Morgan fingerprint density at radius 2 is 2.00 bits per heavy atom. The van der Waals surface area contributed by atoms with E-state index in [1.54, 1.807) is 18.1 Å². The lowest BCUT2D eigenvalue weighted by atomic mass is 10.2. The molecule has 0 atom stereocenters. The monoisotopic (exact) mass is 194 g/mol. The zero-order valence-corrected chi connectivity index (χ0v) is 8.69. The van der Waals surface area contributed by atoms with Crippen molar-refractivity contribution in [3.63, 3.8) is 0 Å². The van der Waals surface area contributed by atoms with E-state index in [1.165, 1.54) is 10.5 Å². The summed E-state index contributed by atoms with van der Waals surface area (Å²) in [7, 11) is 0. The maximum atomic E-state index is 5.32. The van der Waals surface area contributed by atoms with Crippen molar-refractivity contribution in [1.29, 1.82) is 0 Å². The maximum absolute atomic E-state index is 5.32. The van der Waals surface area contributed by atoms with Crippen LogP contribution in [0.2, 0.25) is 0 Å². The van der Waals surface area contributed by atoms with E-state index in [1.807, 2.05) is 6.92 Å². The SMILES string of the molecule is C/C(=C\N)NSc1ccc(C)cc1. The van der Waals surface area contributed by atoms with Gasteiger partial charge in [-0.2, -0.15) is 0 Å². The third-order valence-corrected chi connectivity index (χ3v) is 2.53. The third kappa shape index (κ3) is 3.42. The number of rotatable bonds is 3. The molecule has 0 fully saturated rings. The molecule has 13 heavy (non-hydrogen) atoms. The van der Waals surface area contributed by atoms with Gasteiger partial charge in [0.05, 0.1) is 0 Å². The molecule has 1 aromatic carbocycles. The Labute approximate surface area is 83.3 Å². The largest absolute Gasteiger partial charge is 0.403 e. The van der Waals surface area contributed by atoms with Crippen LogP contribution in [0.5, 0.6) is 0 Å². The van der Waals surface area contributed by atoms with Gasteiger partial charge < -0.3 is 10.5 Å². The van der Waals surface area contributed by atoms with Gasteiger partial charge in [0.15, 0.2) is 0 Å². The fraction of sp³-hybridized carbons (Fsp3) is 0.200. The Balaban J connectivity index is 2.51. The number of hydrogen-bond donors (Lipinski definition) is 2. The van der Waals surface area contributed by atoms with E-state index in [9.17, 15) is 0 Å². The molecule has 0 unspecified atom stereocenters. The van der Waals surface area contributed by atoms with Gasteiger partial charge in [-0.3, -0.25) is 0 Å². The average Bonchev–Trinajstić information content (AvgIpc) is 2.16. The van der Waals surface area contributed by atoms with Gasteiger partial charge in [-0.25, -0.2) is 0 Å². The summed E-state index contributed by atoms with van der Waals surface area (Å²) in [5.74, 6) is 0. The number of benzene rings is 1. The molecule has 0 aliphatic carbocycles. The van der Waals surface area contributed by atoms with Crippen LogP contribution in [-0.4, -0.2) is 0 Å². The molecular weight excluding hydrogens is 180 g/mol. The van der Waals surface area contributed by atoms with Crippen molar-refractivity contribution in [3.05, 3.63) is 41.7 Å². The summed E-state index contributed by atoms with van der Waals surface area (Å²) in [6.45, 7) is 4.01. The van der Waals surface area contributed by atoms with E-state index in [2.05, 4.69) is 35.9 Å². The predicted molar refractivity (Wildman–Crippen MR) is 58.1 cm³/mol. The summed E-state index contributed by atoms with van der Waals surface area (Å²) in [6.07, 6.45) is 1.56. The van der Waals surface area contributed by atoms with E-state index >= 15 is 0 Å². The highest BCUT2D eigenvalue weighted by Crippen LogP contribution is 2.15. The summed E-state index contributed by atoms with van der Waals surface area (Å²) < 4.78 is 3.12. The van der Waals surface area contributed by atoms with Gasteiger partial charge >= 0.3 is 0 Å². The molecular formula is C10H14N2S.